The Kier molecular flexibility index (Phi) is 6.55. The molecule has 1 N–H and O–H groups in total. The monoisotopic (exact) mass is 559 g/mol. The van der Waals surface area contributed by atoms with Crippen molar-refractivity contribution in [3.05, 3.63) is 69.8 Å². The molecule has 1 amide bonds. The molecule has 0 radical (unpaired) electrons. The van der Waals surface area contributed by atoms with Gasteiger partial charge in [0.2, 0.25) is 5.95 Å². The molecule has 11 heteroatoms. The average molecular weight is 560 g/mol. The quantitative estimate of drug-likeness (QED) is 0.353. The Morgan fingerprint density at radius 3 is 2.66 bits per heavy atom. The lowest BCUT2D eigenvalue weighted by Crippen LogP contribution is -2.39. The molecule has 1 aliphatic heterocycles. The highest BCUT2D eigenvalue weighted by Crippen LogP contribution is 2.47. The summed E-state index contributed by atoms with van der Waals surface area (Å²) in [6, 6.07) is 11.5. The number of aromatic nitrogens is 5. The van der Waals surface area contributed by atoms with Gasteiger partial charge in [0.1, 0.15) is 17.7 Å². The highest BCUT2D eigenvalue weighted by Gasteiger charge is 2.46. The van der Waals surface area contributed by atoms with Crippen LogP contribution in [0.3, 0.4) is 0 Å². The van der Waals surface area contributed by atoms with Crippen LogP contribution in [0.25, 0.3) is 16.9 Å². The normalized spacial score (nSPS) is 16.0. The van der Waals surface area contributed by atoms with Crippen LogP contribution in [-0.4, -0.2) is 54.1 Å². The van der Waals surface area contributed by atoms with E-state index in [-0.39, 0.29) is 11.7 Å². The molecule has 214 valence electrons. The van der Waals surface area contributed by atoms with E-state index in [1.807, 2.05) is 58.0 Å². The Bertz CT molecular complexity index is 1700. The molecule has 3 aromatic heterocycles. The van der Waals surface area contributed by atoms with Crippen LogP contribution in [0.4, 0.5) is 20.8 Å². The molecular weight excluding hydrogens is 525 g/mol. The van der Waals surface area contributed by atoms with Crippen LogP contribution in [0.2, 0.25) is 0 Å². The fourth-order valence-electron chi connectivity index (χ4n) is 5.30. The second kappa shape index (κ2) is 9.97. The number of nitrogens with one attached hydrogen (secondary N) is 1. The maximum atomic E-state index is 13.8. The van der Waals surface area contributed by atoms with Crippen molar-refractivity contribution in [2.75, 3.05) is 18.5 Å². The summed E-state index contributed by atoms with van der Waals surface area (Å²) in [4.78, 5) is 41.5. The summed E-state index contributed by atoms with van der Waals surface area (Å²) < 4.78 is 22.6. The minimum absolute atomic E-state index is 0.219. The summed E-state index contributed by atoms with van der Waals surface area (Å²) >= 11 is 0. The molecule has 1 aliphatic carbocycles. The maximum Gasteiger partial charge on any atom is 0.410 e. The Labute approximate surface area is 237 Å². The summed E-state index contributed by atoms with van der Waals surface area (Å²) in [5, 5.41) is 3.63. The number of anilines is 2. The number of fused-ring (bicyclic) bond motifs is 2. The SMILES string of the molecule is CCn1c(=O)c2cnc(Nc3ccc4c(c3)CN(C(=O)OC(C)(C)C)CC4)nc2n1-c1cccc(C2(CF)CC2)n1. The highest BCUT2D eigenvalue weighted by molar-refractivity contribution is 5.77. The lowest BCUT2D eigenvalue weighted by molar-refractivity contribution is 0.0224. The highest BCUT2D eigenvalue weighted by atomic mass is 19.1. The molecule has 2 aliphatic rings. The summed E-state index contributed by atoms with van der Waals surface area (Å²) in [6.45, 7) is 8.44. The molecule has 0 atom stereocenters. The number of benzene rings is 1. The van der Waals surface area contributed by atoms with Gasteiger partial charge in [-0.3, -0.25) is 9.18 Å². The first-order valence-corrected chi connectivity index (χ1v) is 14.0. The van der Waals surface area contributed by atoms with Gasteiger partial charge in [-0.05, 0) is 82.3 Å². The van der Waals surface area contributed by atoms with Gasteiger partial charge in [0.05, 0.1) is 5.69 Å². The molecule has 1 aromatic carbocycles. The maximum absolute atomic E-state index is 13.8. The number of hydrogen-bond acceptors (Lipinski definition) is 7. The number of carbonyl (C=O) groups is 1. The largest absolute Gasteiger partial charge is 0.444 e. The van der Waals surface area contributed by atoms with E-state index in [4.69, 9.17) is 14.7 Å². The minimum atomic E-state index is -0.558. The van der Waals surface area contributed by atoms with Crippen molar-refractivity contribution in [3.63, 3.8) is 0 Å². The van der Waals surface area contributed by atoms with Crippen LogP contribution in [0, 0.1) is 0 Å². The summed E-state index contributed by atoms with van der Waals surface area (Å²) in [5.41, 5.74) is 2.76. The van der Waals surface area contributed by atoms with Crippen molar-refractivity contribution in [1.29, 1.82) is 0 Å². The summed E-state index contributed by atoms with van der Waals surface area (Å²) in [7, 11) is 0. The predicted octanol–water partition coefficient (Wildman–Crippen LogP) is 5.04. The van der Waals surface area contributed by atoms with Gasteiger partial charge < -0.3 is 15.0 Å². The van der Waals surface area contributed by atoms with E-state index in [1.54, 1.807) is 20.3 Å². The Morgan fingerprint density at radius 2 is 1.95 bits per heavy atom. The van der Waals surface area contributed by atoms with E-state index < -0.39 is 17.7 Å². The number of amides is 1. The first kappa shape index (κ1) is 26.9. The van der Waals surface area contributed by atoms with Crippen molar-refractivity contribution in [3.8, 4) is 5.82 Å². The first-order chi connectivity index (χ1) is 19.6. The molecule has 4 aromatic rings. The van der Waals surface area contributed by atoms with Gasteiger partial charge in [-0.1, -0.05) is 12.1 Å². The molecule has 4 heterocycles. The Hall–Kier alpha value is -4.28. The van der Waals surface area contributed by atoms with E-state index in [2.05, 4.69) is 10.3 Å². The smallest absolute Gasteiger partial charge is 0.410 e. The molecule has 0 spiro atoms. The van der Waals surface area contributed by atoms with Crippen molar-refractivity contribution in [2.24, 2.45) is 0 Å². The van der Waals surface area contributed by atoms with E-state index in [1.165, 1.54) is 11.8 Å². The molecule has 0 unspecified atom stereocenters. The topological polar surface area (TPSA) is 107 Å². The fraction of sp³-hybridized carbons (Fsp3) is 0.433. The van der Waals surface area contributed by atoms with Gasteiger partial charge in [0.25, 0.3) is 5.56 Å². The molecule has 1 fully saturated rings. The number of nitrogens with zero attached hydrogens (tertiary/aromatic N) is 6. The zero-order valence-corrected chi connectivity index (χ0v) is 23.8. The second-order valence-corrected chi connectivity index (χ2v) is 11.8. The number of alkyl halides is 1. The predicted molar refractivity (Wildman–Crippen MR) is 154 cm³/mol. The number of halogens is 1. The van der Waals surface area contributed by atoms with Crippen LogP contribution in [0.15, 0.2) is 47.4 Å². The van der Waals surface area contributed by atoms with E-state index in [0.29, 0.717) is 48.1 Å². The lowest BCUT2D eigenvalue weighted by Gasteiger charge is -2.31. The van der Waals surface area contributed by atoms with Gasteiger partial charge in [0, 0.05) is 36.9 Å². The van der Waals surface area contributed by atoms with Crippen LogP contribution < -0.4 is 10.9 Å². The Balaban J connectivity index is 1.32. The number of carbonyl (C=O) groups excluding carboxylic acids is 1. The van der Waals surface area contributed by atoms with Crippen LogP contribution >= 0.6 is 0 Å². The summed E-state index contributed by atoms with van der Waals surface area (Å²) in [6.07, 6.45) is 3.46. The zero-order chi connectivity index (χ0) is 28.9. The molecule has 10 nitrogen and oxygen atoms in total. The van der Waals surface area contributed by atoms with Gasteiger partial charge in [-0.2, -0.15) is 4.98 Å². The molecular formula is C30H34FN7O3. The third kappa shape index (κ3) is 5.05. The molecule has 41 heavy (non-hydrogen) atoms. The third-order valence-electron chi connectivity index (χ3n) is 7.71. The Morgan fingerprint density at radius 1 is 1.15 bits per heavy atom. The van der Waals surface area contributed by atoms with Crippen molar-refractivity contribution in [2.45, 2.75) is 71.1 Å². The van der Waals surface area contributed by atoms with E-state index in [0.717, 1.165) is 30.5 Å². The lowest BCUT2D eigenvalue weighted by atomic mass is 9.99. The van der Waals surface area contributed by atoms with Crippen LogP contribution in [0.1, 0.15) is 57.4 Å². The van der Waals surface area contributed by atoms with Crippen molar-refractivity contribution in [1.82, 2.24) is 29.2 Å². The van der Waals surface area contributed by atoms with Gasteiger partial charge in [0.15, 0.2) is 11.5 Å². The second-order valence-electron chi connectivity index (χ2n) is 11.8. The fourth-order valence-corrected chi connectivity index (χ4v) is 5.30. The van der Waals surface area contributed by atoms with Gasteiger partial charge in [-0.15, -0.1) is 0 Å². The summed E-state index contributed by atoms with van der Waals surface area (Å²) in [5.74, 6) is 0.828. The van der Waals surface area contributed by atoms with Crippen LogP contribution in [0.5, 0.6) is 0 Å². The molecule has 0 bridgehead atoms. The van der Waals surface area contributed by atoms with E-state index in [9.17, 15) is 14.0 Å². The zero-order valence-electron chi connectivity index (χ0n) is 23.8. The number of pyridine rings is 1. The molecule has 1 saturated carbocycles. The standard InChI is InChI=1S/C30H34FN7O3/c1-5-37-26(39)22-16-32-27(35-25(22)38(37)24-8-6-7-23(34-24)30(18-31)12-13-30)33-21-10-9-19-11-14-36(17-20(19)15-21)28(40)41-29(2,3)4/h6-10,15-16H,5,11-14,17-18H2,1-4H3,(H,32,33,35). The number of ether oxygens (including phenoxy) is 1. The van der Waals surface area contributed by atoms with Crippen molar-refractivity contribution >= 4 is 28.8 Å². The molecule has 0 saturated heterocycles. The van der Waals surface area contributed by atoms with Gasteiger partial charge >= 0.3 is 6.09 Å². The third-order valence-corrected chi connectivity index (χ3v) is 7.71. The van der Waals surface area contributed by atoms with Crippen molar-refractivity contribution < 1.29 is 13.9 Å². The first-order valence-electron chi connectivity index (χ1n) is 14.0. The van der Waals surface area contributed by atoms with E-state index >= 15 is 0 Å². The molecule has 6 rings (SSSR count). The minimum Gasteiger partial charge on any atom is -0.444 e. The van der Waals surface area contributed by atoms with Crippen LogP contribution in [-0.2, 0) is 29.7 Å². The number of hydrogen-bond donors (Lipinski definition) is 1. The van der Waals surface area contributed by atoms with Gasteiger partial charge in [-0.25, -0.2) is 24.1 Å². The average Bonchev–Trinajstić information content (AvgIpc) is 3.70. The number of rotatable bonds is 6.